The van der Waals surface area contributed by atoms with E-state index in [0.717, 1.165) is 30.8 Å². The van der Waals surface area contributed by atoms with Crippen LogP contribution in [0.1, 0.15) is 31.4 Å². The lowest BCUT2D eigenvalue weighted by Gasteiger charge is -2.16. The van der Waals surface area contributed by atoms with E-state index in [4.69, 9.17) is 15.2 Å². The highest BCUT2D eigenvalue weighted by Gasteiger charge is 2.09. The van der Waals surface area contributed by atoms with Crippen LogP contribution in [0.3, 0.4) is 0 Å². The van der Waals surface area contributed by atoms with Crippen molar-refractivity contribution in [1.29, 1.82) is 0 Å². The molecule has 90 valence electrons. The Balaban J connectivity index is 2.56. The maximum atomic E-state index is 5.73. The van der Waals surface area contributed by atoms with Gasteiger partial charge in [-0.05, 0) is 24.1 Å². The largest absolute Gasteiger partial charge is 0.497 e. The molecule has 0 spiro atoms. The molecule has 0 radical (unpaired) electrons. The first-order valence-electron chi connectivity index (χ1n) is 5.77. The van der Waals surface area contributed by atoms with Crippen LogP contribution in [0.15, 0.2) is 24.3 Å². The van der Waals surface area contributed by atoms with Gasteiger partial charge in [-0.3, -0.25) is 0 Å². The molecular formula is C13H21NO2. The highest BCUT2D eigenvalue weighted by Crippen LogP contribution is 2.20. The molecule has 0 aromatic heterocycles. The third-order valence-electron chi connectivity index (χ3n) is 2.52. The van der Waals surface area contributed by atoms with E-state index in [1.807, 2.05) is 24.3 Å². The lowest BCUT2D eigenvalue weighted by atomic mass is 10.1. The van der Waals surface area contributed by atoms with E-state index in [9.17, 15) is 0 Å². The molecule has 3 nitrogen and oxygen atoms in total. The Kier molecular flexibility index (Phi) is 5.90. The van der Waals surface area contributed by atoms with E-state index in [0.29, 0.717) is 6.54 Å². The maximum Gasteiger partial charge on any atom is 0.118 e. The summed E-state index contributed by atoms with van der Waals surface area (Å²) < 4.78 is 10.8. The van der Waals surface area contributed by atoms with Crippen LogP contribution >= 0.6 is 0 Å². The smallest absolute Gasteiger partial charge is 0.118 e. The molecule has 0 aliphatic rings. The van der Waals surface area contributed by atoms with E-state index < -0.39 is 0 Å². The van der Waals surface area contributed by atoms with Gasteiger partial charge in [-0.25, -0.2) is 0 Å². The zero-order valence-corrected chi connectivity index (χ0v) is 10.1. The van der Waals surface area contributed by atoms with E-state index in [1.165, 1.54) is 0 Å². The average Bonchev–Trinajstić information content (AvgIpc) is 2.35. The second-order valence-corrected chi connectivity index (χ2v) is 3.72. The lowest BCUT2D eigenvalue weighted by Crippen LogP contribution is -2.16. The number of hydrogen-bond donors (Lipinski definition) is 1. The van der Waals surface area contributed by atoms with Crippen LogP contribution in [0.5, 0.6) is 5.75 Å². The Hall–Kier alpha value is -1.06. The van der Waals surface area contributed by atoms with Gasteiger partial charge in [0.15, 0.2) is 0 Å². The molecule has 0 heterocycles. The molecule has 1 unspecified atom stereocenters. The van der Waals surface area contributed by atoms with Crippen molar-refractivity contribution >= 4 is 0 Å². The van der Waals surface area contributed by atoms with Crippen molar-refractivity contribution in [2.24, 2.45) is 5.73 Å². The SMILES string of the molecule is CCCCOC(CN)c1ccc(OC)cc1. The van der Waals surface area contributed by atoms with Crippen LogP contribution in [0.4, 0.5) is 0 Å². The summed E-state index contributed by atoms with van der Waals surface area (Å²) in [6.45, 7) is 3.43. The summed E-state index contributed by atoms with van der Waals surface area (Å²) in [6.07, 6.45) is 2.21. The maximum absolute atomic E-state index is 5.73. The molecular weight excluding hydrogens is 202 g/mol. The molecule has 1 rings (SSSR count). The van der Waals surface area contributed by atoms with Crippen molar-refractivity contribution in [3.8, 4) is 5.75 Å². The zero-order chi connectivity index (χ0) is 11.8. The van der Waals surface area contributed by atoms with Crippen LogP contribution in [0.2, 0.25) is 0 Å². The molecule has 1 aromatic carbocycles. The molecule has 0 amide bonds. The van der Waals surface area contributed by atoms with Gasteiger partial charge in [0, 0.05) is 13.2 Å². The minimum atomic E-state index is -0.00236. The average molecular weight is 223 g/mol. The van der Waals surface area contributed by atoms with Gasteiger partial charge in [0.05, 0.1) is 13.2 Å². The molecule has 0 aliphatic carbocycles. The summed E-state index contributed by atoms with van der Waals surface area (Å²) in [5, 5.41) is 0. The van der Waals surface area contributed by atoms with Crippen molar-refractivity contribution in [2.45, 2.75) is 25.9 Å². The fraction of sp³-hybridized carbons (Fsp3) is 0.538. The highest BCUT2D eigenvalue weighted by molar-refractivity contribution is 5.28. The quantitative estimate of drug-likeness (QED) is 0.722. The van der Waals surface area contributed by atoms with Gasteiger partial charge in [-0.2, -0.15) is 0 Å². The summed E-state index contributed by atoms with van der Waals surface area (Å²) in [7, 11) is 1.66. The molecule has 0 aliphatic heterocycles. The lowest BCUT2D eigenvalue weighted by molar-refractivity contribution is 0.0566. The normalized spacial score (nSPS) is 12.4. The Morgan fingerprint density at radius 1 is 1.25 bits per heavy atom. The molecule has 3 heteroatoms. The second-order valence-electron chi connectivity index (χ2n) is 3.72. The van der Waals surface area contributed by atoms with Gasteiger partial charge in [-0.15, -0.1) is 0 Å². The monoisotopic (exact) mass is 223 g/mol. The fourth-order valence-corrected chi connectivity index (χ4v) is 1.49. The molecule has 16 heavy (non-hydrogen) atoms. The summed E-state index contributed by atoms with van der Waals surface area (Å²) in [6, 6.07) is 7.87. The third-order valence-corrected chi connectivity index (χ3v) is 2.52. The van der Waals surface area contributed by atoms with Gasteiger partial charge < -0.3 is 15.2 Å². The summed E-state index contributed by atoms with van der Waals surface area (Å²) in [4.78, 5) is 0. The standard InChI is InChI=1S/C13H21NO2/c1-3-4-9-16-13(10-14)11-5-7-12(15-2)8-6-11/h5-8,13H,3-4,9-10,14H2,1-2H3. The molecule has 0 saturated heterocycles. The van der Waals surface area contributed by atoms with Crippen molar-refractivity contribution in [1.82, 2.24) is 0 Å². The summed E-state index contributed by atoms with van der Waals surface area (Å²) >= 11 is 0. The van der Waals surface area contributed by atoms with Gasteiger partial charge in [0.1, 0.15) is 5.75 Å². The van der Waals surface area contributed by atoms with E-state index in [-0.39, 0.29) is 6.10 Å². The van der Waals surface area contributed by atoms with Crippen LogP contribution in [-0.2, 0) is 4.74 Å². The van der Waals surface area contributed by atoms with E-state index in [1.54, 1.807) is 7.11 Å². The Morgan fingerprint density at radius 3 is 2.44 bits per heavy atom. The van der Waals surface area contributed by atoms with Crippen molar-refractivity contribution < 1.29 is 9.47 Å². The van der Waals surface area contributed by atoms with Crippen molar-refractivity contribution in [3.05, 3.63) is 29.8 Å². The molecule has 1 aromatic rings. The second kappa shape index (κ2) is 7.25. The molecule has 0 saturated carbocycles. The Bertz CT molecular complexity index is 284. The number of nitrogens with two attached hydrogens (primary N) is 1. The predicted molar refractivity (Wildman–Crippen MR) is 65.6 cm³/mol. The highest BCUT2D eigenvalue weighted by atomic mass is 16.5. The molecule has 0 fully saturated rings. The number of unbranched alkanes of at least 4 members (excludes halogenated alkanes) is 1. The third kappa shape index (κ3) is 3.83. The number of rotatable bonds is 7. The summed E-state index contributed by atoms with van der Waals surface area (Å²) in [5.41, 5.74) is 6.81. The van der Waals surface area contributed by atoms with Crippen LogP contribution in [0.25, 0.3) is 0 Å². The first kappa shape index (κ1) is 13.0. The minimum absolute atomic E-state index is 0.00236. The van der Waals surface area contributed by atoms with Crippen LogP contribution in [0, 0.1) is 0 Å². The summed E-state index contributed by atoms with van der Waals surface area (Å²) in [5.74, 6) is 0.855. The van der Waals surface area contributed by atoms with Gasteiger partial charge >= 0.3 is 0 Å². The van der Waals surface area contributed by atoms with Crippen LogP contribution in [-0.4, -0.2) is 20.3 Å². The molecule has 2 N–H and O–H groups in total. The number of hydrogen-bond acceptors (Lipinski definition) is 3. The van der Waals surface area contributed by atoms with E-state index in [2.05, 4.69) is 6.92 Å². The Morgan fingerprint density at radius 2 is 1.94 bits per heavy atom. The Labute approximate surface area is 97.6 Å². The molecule has 1 atom stereocenters. The zero-order valence-electron chi connectivity index (χ0n) is 10.1. The van der Waals surface area contributed by atoms with Crippen molar-refractivity contribution in [3.63, 3.8) is 0 Å². The minimum Gasteiger partial charge on any atom is -0.497 e. The molecule has 0 bridgehead atoms. The van der Waals surface area contributed by atoms with Crippen LogP contribution < -0.4 is 10.5 Å². The first-order valence-corrected chi connectivity index (χ1v) is 5.77. The first-order chi connectivity index (χ1) is 7.81. The van der Waals surface area contributed by atoms with E-state index >= 15 is 0 Å². The van der Waals surface area contributed by atoms with Gasteiger partial charge in [0.2, 0.25) is 0 Å². The number of ether oxygens (including phenoxy) is 2. The number of methoxy groups -OCH3 is 1. The number of benzene rings is 1. The fourth-order valence-electron chi connectivity index (χ4n) is 1.49. The van der Waals surface area contributed by atoms with Gasteiger partial charge in [0.25, 0.3) is 0 Å². The predicted octanol–water partition coefficient (Wildman–Crippen LogP) is 2.51. The topological polar surface area (TPSA) is 44.5 Å². The van der Waals surface area contributed by atoms with Crippen molar-refractivity contribution in [2.75, 3.05) is 20.3 Å². The van der Waals surface area contributed by atoms with Gasteiger partial charge in [-0.1, -0.05) is 25.5 Å².